The SMILES string of the molecule is CNCC1(Sc2ccc(OC)c(Cl)c2)CC1. The maximum atomic E-state index is 6.10. The van der Waals surface area contributed by atoms with Crippen LogP contribution in [0.5, 0.6) is 5.75 Å². The van der Waals surface area contributed by atoms with Gasteiger partial charge in [0.25, 0.3) is 0 Å². The predicted molar refractivity (Wildman–Crippen MR) is 69.8 cm³/mol. The van der Waals surface area contributed by atoms with Crippen LogP contribution in [0.25, 0.3) is 0 Å². The molecule has 2 nitrogen and oxygen atoms in total. The molecular weight excluding hydrogens is 242 g/mol. The summed E-state index contributed by atoms with van der Waals surface area (Å²) in [5, 5.41) is 3.94. The van der Waals surface area contributed by atoms with Crippen molar-refractivity contribution in [3.63, 3.8) is 0 Å². The molecule has 1 aromatic carbocycles. The average Bonchev–Trinajstić information content (AvgIpc) is 2.99. The molecule has 1 saturated carbocycles. The Morgan fingerprint density at radius 1 is 1.50 bits per heavy atom. The van der Waals surface area contributed by atoms with Gasteiger partial charge in [0.2, 0.25) is 0 Å². The van der Waals surface area contributed by atoms with E-state index >= 15 is 0 Å². The van der Waals surface area contributed by atoms with Gasteiger partial charge in [-0.05, 0) is 38.1 Å². The third kappa shape index (κ3) is 2.65. The van der Waals surface area contributed by atoms with Gasteiger partial charge in [-0.2, -0.15) is 0 Å². The first-order valence-corrected chi connectivity index (χ1v) is 6.56. The lowest BCUT2D eigenvalue weighted by Crippen LogP contribution is -2.22. The minimum atomic E-state index is 0.396. The lowest BCUT2D eigenvalue weighted by molar-refractivity contribution is 0.414. The van der Waals surface area contributed by atoms with Gasteiger partial charge >= 0.3 is 0 Å². The molecule has 0 radical (unpaired) electrons. The second kappa shape index (κ2) is 4.86. The van der Waals surface area contributed by atoms with E-state index in [1.165, 1.54) is 17.7 Å². The largest absolute Gasteiger partial charge is 0.495 e. The molecule has 0 unspecified atom stereocenters. The van der Waals surface area contributed by atoms with Crippen molar-refractivity contribution in [3.05, 3.63) is 23.2 Å². The van der Waals surface area contributed by atoms with E-state index in [2.05, 4.69) is 11.4 Å². The van der Waals surface area contributed by atoms with Crippen molar-refractivity contribution < 1.29 is 4.74 Å². The molecule has 0 spiro atoms. The van der Waals surface area contributed by atoms with Gasteiger partial charge < -0.3 is 10.1 Å². The third-order valence-electron chi connectivity index (χ3n) is 2.76. The number of hydrogen-bond acceptors (Lipinski definition) is 3. The Morgan fingerprint density at radius 3 is 2.75 bits per heavy atom. The highest BCUT2D eigenvalue weighted by Gasteiger charge is 2.42. The summed E-state index contributed by atoms with van der Waals surface area (Å²) in [6, 6.07) is 5.99. The van der Waals surface area contributed by atoms with Gasteiger partial charge in [-0.3, -0.25) is 0 Å². The van der Waals surface area contributed by atoms with Crippen LogP contribution in [0.3, 0.4) is 0 Å². The van der Waals surface area contributed by atoms with E-state index in [-0.39, 0.29) is 0 Å². The molecule has 0 atom stereocenters. The van der Waals surface area contributed by atoms with E-state index in [9.17, 15) is 0 Å². The Bertz CT molecular complexity index is 379. The van der Waals surface area contributed by atoms with Crippen LogP contribution in [0.15, 0.2) is 23.1 Å². The molecule has 0 bridgehead atoms. The number of nitrogens with one attached hydrogen (secondary N) is 1. The molecule has 1 fully saturated rings. The van der Waals surface area contributed by atoms with Gasteiger partial charge in [0.15, 0.2) is 0 Å². The number of halogens is 1. The zero-order valence-corrected chi connectivity index (χ0v) is 11.1. The second-order valence-corrected chi connectivity index (χ2v) is 6.06. The van der Waals surface area contributed by atoms with E-state index in [1.807, 2.05) is 30.9 Å². The van der Waals surface area contributed by atoms with Crippen molar-refractivity contribution >= 4 is 23.4 Å². The number of rotatable bonds is 5. The van der Waals surface area contributed by atoms with Crippen LogP contribution in [-0.4, -0.2) is 25.4 Å². The summed E-state index contributed by atoms with van der Waals surface area (Å²) in [7, 11) is 3.64. The first-order chi connectivity index (χ1) is 7.69. The molecule has 4 heteroatoms. The summed E-state index contributed by atoms with van der Waals surface area (Å²) >= 11 is 8.01. The summed E-state index contributed by atoms with van der Waals surface area (Å²) in [6.07, 6.45) is 2.56. The first-order valence-electron chi connectivity index (χ1n) is 5.36. The zero-order valence-electron chi connectivity index (χ0n) is 9.55. The van der Waals surface area contributed by atoms with E-state index < -0.39 is 0 Å². The van der Waals surface area contributed by atoms with Crippen LogP contribution in [0.2, 0.25) is 5.02 Å². The summed E-state index contributed by atoms with van der Waals surface area (Å²) in [5.41, 5.74) is 0. The average molecular weight is 258 g/mol. The molecule has 1 aromatic rings. The summed E-state index contributed by atoms with van der Waals surface area (Å²) < 4.78 is 5.54. The van der Waals surface area contributed by atoms with Gasteiger partial charge in [0, 0.05) is 16.2 Å². The zero-order chi connectivity index (χ0) is 11.6. The highest BCUT2D eigenvalue weighted by molar-refractivity contribution is 8.01. The first kappa shape index (κ1) is 12.1. The molecule has 0 amide bonds. The molecule has 0 saturated heterocycles. The summed E-state index contributed by atoms with van der Waals surface area (Å²) in [4.78, 5) is 1.22. The van der Waals surface area contributed by atoms with Crippen molar-refractivity contribution in [1.29, 1.82) is 0 Å². The number of hydrogen-bond donors (Lipinski definition) is 1. The van der Waals surface area contributed by atoms with Gasteiger partial charge in [-0.15, -0.1) is 11.8 Å². The molecular formula is C12H16ClNOS. The Kier molecular flexibility index (Phi) is 3.67. The Balaban J connectivity index is 2.08. The Labute approximate surface area is 106 Å². The molecule has 0 aliphatic heterocycles. The van der Waals surface area contributed by atoms with Crippen molar-refractivity contribution in [1.82, 2.24) is 5.32 Å². The van der Waals surface area contributed by atoms with Gasteiger partial charge in [-0.25, -0.2) is 0 Å². The van der Waals surface area contributed by atoms with E-state index in [0.29, 0.717) is 9.77 Å². The maximum Gasteiger partial charge on any atom is 0.137 e. The van der Waals surface area contributed by atoms with E-state index in [1.54, 1.807) is 7.11 Å². The van der Waals surface area contributed by atoms with Crippen LogP contribution >= 0.6 is 23.4 Å². The van der Waals surface area contributed by atoms with Crippen LogP contribution in [0.1, 0.15) is 12.8 Å². The minimum absolute atomic E-state index is 0.396. The Morgan fingerprint density at radius 2 is 2.25 bits per heavy atom. The van der Waals surface area contributed by atoms with Crippen LogP contribution in [0.4, 0.5) is 0 Å². The second-order valence-electron chi connectivity index (χ2n) is 4.11. The quantitative estimate of drug-likeness (QED) is 0.875. The molecule has 0 aromatic heterocycles. The smallest absolute Gasteiger partial charge is 0.137 e. The fraction of sp³-hybridized carbons (Fsp3) is 0.500. The fourth-order valence-corrected chi connectivity index (χ4v) is 3.40. The van der Waals surface area contributed by atoms with Gasteiger partial charge in [0.05, 0.1) is 12.1 Å². The standard InChI is InChI=1S/C12H16ClNOS/c1-14-8-12(5-6-12)16-9-3-4-11(15-2)10(13)7-9/h3-4,7,14H,5-6,8H2,1-2H3. The highest BCUT2D eigenvalue weighted by atomic mass is 35.5. The van der Waals surface area contributed by atoms with E-state index in [4.69, 9.17) is 16.3 Å². The number of thioether (sulfide) groups is 1. The molecule has 1 aliphatic carbocycles. The summed E-state index contributed by atoms with van der Waals surface area (Å²) in [5.74, 6) is 0.740. The number of methoxy groups -OCH3 is 1. The monoisotopic (exact) mass is 257 g/mol. The summed E-state index contributed by atoms with van der Waals surface area (Å²) in [6.45, 7) is 1.06. The lowest BCUT2D eigenvalue weighted by Gasteiger charge is -2.14. The van der Waals surface area contributed by atoms with Crippen molar-refractivity contribution in [2.75, 3.05) is 20.7 Å². The molecule has 1 N–H and O–H groups in total. The molecule has 88 valence electrons. The molecule has 1 aliphatic rings. The Hall–Kier alpha value is -0.380. The number of ether oxygens (including phenoxy) is 1. The fourth-order valence-electron chi connectivity index (χ4n) is 1.74. The normalized spacial score (nSPS) is 17.2. The molecule has 16 heavy (non-hydrogen) atoms. The van der Waals surface area contributed by atoms with Crippen molar-refractivity contribution in [3.8, 4) is 5.75 Å². The minimum Gasteiger partial charge on any atom is -0.495 e. The maximum absolute atomic E-state index is 6.10. The van der Waals surface area contributed by atoms with Crippen molar-refractivity contribution in [2.24, 2.45) is 0 Å². The van der Waals surface area contributed by atoms with Gasteiger partial charge in [-0.1, -0.05) is 11.6 Å². The van der Waals surface area contributed by atoms with E-state index in [0.717, 1.165) is 12.3 Å². The van der Waals surface area contributed by atoms with Crippen molar-refractivity contribution in [2.45, 2.75) is 22.5 Å². The topological polar surface area (TPSA) is 21.3 Å². The lowest BCUT2D eigenvalue weighted by atomic mass is 10.3. The molecule has 0 heterocycles. The van der Waals surface area contributed by atoms with Crippen LogP contribution in [0, 0.1) is 0 Å². The highest BCUT2D eigenvalue weighted by Crippen LogP contribution is 2.51. The third-order valence-corrected chi connectivity index (χ3v) is 4.53. The van der Waals surface area contributed by atoms with Crippen LogP contribution in [-0.2, 0) is 0 Å². The number of benzene rings is 1. The predicted octanol–water partition coefficient (Wildman–Crippen LogP) is 3.19. The van der Waals surface area contributed by atoms with Crippen LogP contribution < -0.4 is 10.1 Å². The molecule has 2 rings (SSSR count). The van der Waals surface area contributed by atoms with Gasteiger partial charge in [0.1, 0.15) is 5.75 Å².